The molecule has 102 valence electrons. The number of rotatable bonds is 8. The molecule has 0 fully saturated rings. The number of pyridine rings is 1. The minimum atomic E-state index is 0.751. The average molecular weight is 251 g/mol. The Morgan fingerprint density at radius 2 is 2.11 bits per heavy atom. The lowest BCUT2D eigenvalue weighted by molar-refractivity contribution is 0.154. The molecule has 4 heteroatoms. The summed E-state index contributed by atoms with van der Waals surface area (Å²) in [7, 11) is 1.96. The van der Waals surface area contributed by atoms with Crippen molar-refractivity contribution in [2.75, 3.05) is 38.3 Å². The van der Waals surface area contributed by atoms with Gasteiger partial charge in [0.2, 0.25) is 0 Å². The van der Waals surface area contributed by atoms with Gasteiger partial charge >= 0.3 is 0 Å². The van der Waals surface area contributed by atoms with E-state index in [0.29, 0.717) is 0 Å². The van der Waals surface area contributed by atoms with E-state index in [9.17, 15) is 0 Å². The summed E-state index contributed by atoms with van der Waals surface area (Å²) >= 11 is 0. The Morgan fingerprint density at radius 1 is 1.33 bits per heavy atom. The maximum atomic E-state index is 5.41. The second-order valence-corrected chi connectivity index (χ2v) is 4.28. The molecular formula is C14H25N3O. The molecule has 1 heterocycles. The van der Waals surface area contributed by atoms with Crippen LogP contribution in [0.1, 0.15) is 25.1 Å². The van der Waals surface area contributed by atoms with Crippen LogP contribution in [0, 0.1) is 6.92 Å². The number of aryl methyl sites for hydroxylation is 1. The predicted molar refractivity (Wildman–Crippen MR) is 76.1 cm³/mol. The summed E-state index contributed by atoms with van der Waals surface area (Å²) in [5.41, 5.74) is 2.34. The van der Waals surface area contributed by atoms with Crippen LogP contribution in [0.5, 0.6) is 0 Å². The quantitative estimate of drug-likeness (QED) is 0.717. The Balaban J connectivity index is 2.77. The number of aromatic nitrogens is 1. The number of likely N-dealkylation sites (N-methyl/N-ethyl adjacent to an activating group) is 1. The van der Waals surface area contributed by atoms with Crippen molar-refractivity contribution in [2.24, 2.45) is 0 Å². The highest BCUT2D eigenvalue weighted by Crippen LogP contribution is 2.14. The Labute approximate surface area is 110 Å². The fourth-order valence-corrected chi connectivity index (χ4v) is 1.94. The molecule has 0 aliphatic carbocycles. The lowest BCUT2D eigenvalue weighted by atomic mass is 10.2. The first-order valence-electron chi connectivity index (χ1n) is 6.66. The second-order valence-electron chi connectivity index (χ2n) is 4.28. The molecule has 0 aliphatic rings. The number of ether oxygens (including phenoxy) is 1. The number of nitrogens with one attached hydrogen (secondary N) is 1. The molecule has 1 N–H and O–H groups in total. The average Bonchev–Trinajstić information content (AvgIpc) is 2.34. The van der Waals surface area contributed by atoms with Crippen LogP contribution in [0.25, 0.3) is 0 Å². The van der Waals surface area contributed by atoms with Crippen molar-refractivity contribution in [1.82, 2.24) is 10.3 Å². The van der Waals surface area contributed by atoms with Gasteiger partial charge in [-0.15, -0.1) is 0 Å². The van der Waals surface area contributed by atoms with Gasteiger partial charge in [-0.1, -0.05) is 0 Å². The van der Waals surface area contributed by atoms with Gasteiger partial charge in [-0.05, 0) is 45.5 Å². The van der Waals surface area contributed by atoms with Gasteiger partial charge in [-0.3, -0.25) is 0 Å². The van der Waals surface area contributed by atoms with Gasteiger partial charge in [0.05, 0.1) is 6.61 Å². The fourth-order valence-electron chi connectivity index (χ4n) is 1.94. The van der Waals surface area contributed by atoms with Gasteiger partial charge in [-0.25, -0.2) is 4.98 Å². The normalized spacial score (nSPS) is 10.7. The van der Waals surface area contributed by atoms with Crippen molar-refractivity contribution in [3.8, 4) is 0 Å². The molecule has 4 nitrogen and oxygen atoms in total. The molecule has 0 saturated heterocycles. The van der Waals surface area contributed by atoms with E-state index in [4.69, 9.17) is 4.74 Å². The third-order valence-corrected chi connectivity index (χ3v) is 2.80. The van der Waals surface area contributed by atoms with E-state index in [-0.39, 0.29) is 0 Å². The first kappa shape index (κ1) is 14.9. The molecule has 1 rings (SSSR count). The van der Waals surface area contributed by atoms with Crippen molar-refractivity contribution in [1.29, 1.82) is 0 Å². The van der Waals surface area contributed by atoms with E-state index in [1.54, 1.807) is 0 Å². The van der Waals surface area contributed by atoms with E-state index in [0.717, 1.165) is 44.4 Å². The van der Waals surface area contributed by atoms with Gasteiger partial charge < -0.3 is 15.0 Å². The van der Waals surface area contributed by atoms with Crippen LogP contribution < -0.4 is 10.2 Å². The standard InChI is InChI=1S/C14H25N3O/c1-5-17(7-8-18-6-2)14-10-13(11-15-4)9-12(3)16-14/h9-10,15H,5-8,11H2,1-4H3. The van der Waals surface area contributed by atoms with Crippen LogP contribution in [-0.4, -0.2) is 38.3 Å². The number of hydrogen-bond donors (Lipinski definition) is 1. The second kappa shape index (κ2) is 8.06. The summed E-state index contributed by atoms with van der Waals surface area (Å²) < 4.78 is 5.41. The molecule has 0 spiro atoms. The van der Waals surface area contributed by atoms with Crippen LogP contribution >= 0.6 is 0 Å². The molecule has 0 amide bonds. The molecule has 0 aliphatic heterocycles. The zero-order valence-electron chi connectivity index (χ0n) is 12.0. The molecule has 0 atom stereocenters. The smallest absolute Gasteiger partial charge is 0.129 e. The van der Waals surface area contributed by atoms with Crippen molar-refractivity contribution in [3.05, 3.63) is 23.4 Å². The molecule has 1 aromatic heterocycles. The highest BCUT2D eigenvalue weighted by Gasteiger charge is 2.07. The number of nitrogens with zero attached hydrogens (tertiary/aromatic N) is 2. The van der Waals surface area contributed by atoms with Crippen molar-refractivity contribution < 1.29 is 4.74 Å². The SMILES string of the molecule is CCOCCN(CC)c1cc(CNC)cc(C)n1. The van der Waals surface area contributed by atoms with Gasteiger partial charge in [-0.2, -0.15) is 0 Å². The number of anilines is 1. The third-order valence-electron chi connectivity index (χ3n) is 2.80. The topological polar surface area (TPSA) is 37.4 Å². The van der Waals surface area contributed by atoms with Crippen LogP contribution in [0.2, 0.25) is 0 Å². The lowest BCUT2D eigenvalue weighted by Gasteiger charge is -2.22. The van der Waals surface area contributed by atoms with Gasteiger partial charge in [0.1, 0.15) is 5.82 Å². The van der Waals surface area contributed by atoms with Crippen LogP contribution in [0.4, 0.5) is 5.82 Å². The fraction of sp³-hybridized carbons (Fsp3) is 0.643. The molecule has 0 saturated carbocycles. The van der Waals surface area contributed by atoms with E-state index >= 15 is 0 Å². The predicted octanol–water partition coefficient (Wildman–Crippen LogP) is 1.97. The molecule has 18 heavy (non-hydrogen) atoms. The highest BCUT2D eigenvalue weighted by atomic mass is 16.5. The Morgan fingerprint density at radius 3 is 2.72 bits per heavy atom. The van der Waals surface area contributed by atoms with Crippen LogP contribution in [0.15, 0.2) is 12.1 Å². The summed E-state index contributed by atoms with van der Waals surface area (Å²) in [6.07, 6.45) is 0. The third kappa shape index (κ3) is 4.63. The summed E-state index contributed by atoms with van der Waals surface area (Å²) in [5, 5.41) is 3.18. The molecule has 0 unspecified atom stereocenters. The zero-order valence-corrected chi connectivity index (χ0v) is 12.0. The molecule has 1 aromatic rings. The van der Waals surface area contributed by atoms with E-state index < -0.39 is 0 Å². The Bertz CT molecular complexity index is 355. The zero-order chi connectivity index (χ0) is 13.4. The summed E-state index contributed by atoms with van der Waals surface area (Å²) in [4.78, 5) is 6.86. The van der Waals surface area contributed by atoms with Gasteiger partial charge in [0, 0.05) is 31.9 Å². The summed E-state index contributed by atoms with van der Waals surface area (Å²) in [6.45, 7) is 10.4. The van der Waals surface area contributed by atoms with Crippen LogP contribution in [0.3, 0.4) is 0 Å². The molecular weight excluding hydrogens is 226 g/mol. The first-order valence-corrected chi connectivity index (χ1v) is 6.66. The summed E-state index contributed by atoms with van der Waals surface area (Å²) in [5.74, 6) is 1.04. The number of hydrogen-bond acceptors (Lipinski definition) is 4. The Hall–Kier alpha value is -1.13. The first-order chi connectivity index (χ1) is 8.71. The van der Waals surface area contributed by atoms with Crippen molar-refractivity contribution >= 4 is 5.82 Å². The monoisotopic (exact) mass is 251 g/mol. The van der Waals surface area contributed by atoms with Gasteiger partial charge in [0.25, 0.3) is 0 Å². The molecule has 0 bridgehead atoms. The highest BCUT2D eigenvalue weighted by molar-refractivity contribution is 5.42. The maximum absolute atomic E-state index is 5.41. The van der Waals surface area contributed by atoms with E-state index in [2.05, 4.69) is 34.3 Å². The van der Waals surface area contributed by atoms with E-state index in [1.165, 1.54) is 5.56 Å². The molecule has 0 radical (unpaired) electrons. The Kier molecular flexibility index (Phi) is 6.68. The minimum Gasteiger partial charge on any atom is -0.380 e. The van der Waals surface area contributed by atoms with E-state index in [1.807, 2.05) is 20.9 Å². The van der Waals surface area contributed by atoms with Crippen LogP contribution in [-0.2, 0) is 11.3 Å². The maximum Gasteiger partial charge on any atom is 0.129 e. The summed E-state index contributed by atoms with van der Waals surface area (Å²) in [6, 6.07) is 4.27. The largest absolute Gasteiger partial charge is 0.380 e. The van der Waals surface area contributed by atoms with Crippen molar-refractivity contribution in [3.63, 3.8) is 0 Å². The minimum absolute atomic E-state index is 0.751. The molecule has 0 aromatic carbocycles. The lowest BCUT2D eigenvalue weighted by Crippen LogP contribution is -2.28. The van der Waals surface area contributed by atoms with Gasteiger partial charge in [0.15, 0.2) is 0 Å². The van der Waals surface area contributed by atoms with Crippen molar-refractivity contribution in [2.45, 2.75) is 27.3 Å².